The zero-order valence-corrected chi connectivity index (χ0v) is 10.7. The van der Waals surface area contributed by atoms with E-state index in [1.54, 1.807) is 19.2 Å². The second-order valence-corrected chi connectivity index (χ2v) is 5.03. The van der Waals surface area contributed by atoms with Gasteiger partial charge in [0.25, 0.3) is 0 Å². The summed E-state index contributed by atoms with van der Waals surface area (Å²) in [5.41, 5.74) is 0.0693. The minimum absolute atomic E-state index is 0.0640. The highest BCUT2D eigenvalue weighted by molar-refractivity contribution is 5.85. The van der Waals surface area contributed by atoms with Crippen molar-refractivity contribution >= 4 is 5.97 Å². The van der Waals surface area contributed by atoms with Gasteiger partial charge in [0, 0.05) is 0 Å². The molecule has 1 aromatic carbocycles. The van der Waals surface area contributed by atoms with Gasteiger partial charge in [-0.1, -0.05) is 6.07 Å². The zero-order valence-electron chi connectivity index (χ0n) is 10.7. The van der Waals surface area contributed by atoms with Crippen LogP contribution in [0.5, 0.6) is 11.5 Å². The molecule has 19 heavy (non-hydrogen) atoms. The van der Waals surface area contributed by atoms with Gasteiger partial charge < -0.3 is 19.3 Å². The number of carbonyl (C=O) groups is 1. The average molecular weight is 264 g/mol. The molecule has 0 aromatic heterocycles. The van der Waals surface area contributed by atoms with E-state index in [0.29, 0.717) is 37.6 Å². The molecule has 3 rings (SSSR count). The van der Waals surface area contributed by atoms with Gasteiger partial charge >= 0.3 is 5.97 Å². The van der Waals surface area contributed by atoms with Crippen LogP contribution in [0.25, 0.3) is 0 Å². The zero-order chi connectivity index (χ0) is 13.5. The lowest BCUT2D eigenvalue weighted by molar-refractivity contribution is -0.140. The van der Waals surface area contributed by atoms with Gasteiger partial charge in [-0.2, -0.15) is 0 Å². The fourth-order valence-corrected chi connectivity index (χ4v) is 2.28. The molecule has 1 saturated heterocycles. The predicted molar refractivity (Wildman–Crippen MR) is 66.8 cm³/mol. The van der Waals surface area contributed by atoms with Gasteiger partial charge in [-0.15, -0.1) is 0 Å². The maximum Gasteiger partial charge on any atom is 0.314 e. The fraction of sp³-hybridized carbons (Fsp3) is 0.500. The Hall–Kier alpha value is -1.75. The first-order valence-electron chi connectivity index (χ1n) is 6.32. The highest BCUT2D eigenvalue weighted by atomic mass is 16.6. The molecule has 0 unspecified atom stereocenters. The van der Waals surface area contributed by atoms with Crippen LogP contribution in [-0.4, -0.2) is 37.5 Å². The standard InChI is InChI=1S/C14H16O5/c1-17-12-6-9(14(4-5-14)13(15)16)2-3-11(12)19-10-7-18-8-10/h2-3,6,10H,4-5,7-8H2,1H3,(H,15,16). The number of carboxylic acid groups (broad SMARTS) is 1. The van der Waals surface area contributed by atoms with Crippen molar-refractivity contribution in [3.8, 4) is 11.5 Å². The van der Waals surface area contributed by atoms with Crippen molar-refractivity contribution < 1.29 is 24.1 Å². The second kappa shape index (κ2) is 4.42. The second-order valence-electron chi connectivity index (χ2n) is 5.03. The molecule has 0 atom stereocenters. The molecule has 102 valence electrons. The largest absolute Gasteiger partial charge is 0.493 e. The third-order valence-corrected chi connectivity index (χ3v) is 3.78. The first-order chi connectivity index (χ1) is 9.15. The molecule has 0 spiro atoms. The van der Waals surface area contributed by atoms with Crippen LogP contribution < -0.4 is 9.47 Å². The van der Waals surface area contributed by atoms with Gasteiger partial charge in [-0.05, 0) is 30.5 Å². The molecule has 1 saturated carbocycles. The molecule has 1 aliphatic carbocycles. The summed E-state index contributed by atoms with van der Waals surface area (Å²) in [5, 5.41) is 9.29. The summed E-state index contributed by atoms with van der Waals surface area (Å²) in [6.45, 7) is 1.17. The van der Waals surface area contributed by atoms with Gasteiger partial charge in [0.1, 0.15) is 6.10 Å². The minimum atomic E-state index is -0.768. The molecule has 1 aliphatic heterocycles. The van der Waals surface area contributed by atoms with E-state index < -0.39 is 11.4 Å². The van der Waals surface area contributed by atoms with E-state index in [9.17, 15) is 9.90 Å². The smallest absolute Gasteiger partial charge is 0.314 e. The first-order valence-corrected chi connectivity index (χ1v) is 6.32. The SMILES string of the molecule is COc1cc(C2(C(=O)O)CC2)ccc1OC1COC1. The monoisotopic (exact) mass is 264 g/mol. The molecule has 0 bridgehead atoms. The molecule has 2 aliphatic rings. The van der Waals surface area contributed by atoms with E-state index in [1.165, 1.54) is 0 Å². The van der Waals surface area contributed by atoms with Crippen molar-refractivity contribution in [1.82, 2.24) is 0 Å². The lowest BCUT2D eigenvalue weighted by Crippen LogP contribution is -2.38. The molecule has 0 radical (unpaired) electrons. The van der Waals surface area contributed by atoms with Crippen molar-refractivity contribution in [2.45, 2.75) is 24.4 Å². The highest BCUT2D eigenvalue weighted by Gasteiger charge is 2.52. The van der Waals surface area contributed by atoms with Crippen LogP contribution in [0.3, 0.4) is 0 Å². The van der Waals surface area contributed by atoms with Crippen LogP contribution in [0.4, 0.5) is 0 Å². The molecule has 5 heteroatoms. The van der Waals surface area contributed by atoms with E-state index in [4.69, 9.17) is 14.2 Å². The summed E-state index contributed by atoms with van der Waals surface area (Å²) in [7, 11) is 1.56. The van der Waals surface area contributed by atoms with Gasteiger partial charge in [0.2, 0.25) is 0 Å². The van der Waals surface area contributed by atoms with E-state index in [2.05, 4.69) is 0 Å². The summed E-state index contributed by atoms with van der Waals surface area (Å²) in [5.74, 6) is 0.452. The summed E-state index contributed by atoms with van der Waals surface area (Å²) in [4.78, 5) is 11.3. The molecule has 1 heterocycles. The first kappa shape index (κ1) is 12.3. The third kappa shape index (κ3) is 2.04. The summed E-state index contributed by atoms with van der Waals surface area (Å²) < 4.78 is 16.1. The number of hydrogen-bond donors (Lipinski definition) is 1. The molecule has 2 fully saturated rings. The Morgan fingerprint density at radius 1 is 1.37 bits per heavy atom. The molecule has 1 N–H and O–H groups in total. The number of hydrogen-bond acceptors (Lipinski definition) is 4. The summed E-state index contributed by atoms with van der Waals surface area (Å²) in [6.07, 6.45) is 1.43. The lowest BCUT2D eigenvalue weighted by Gasteiger charge is -2.27. The number of rotatable bonds is 5. The van der Waals surface area contributed by atoms with Crippen molar-refractivity contribution in [2.24, 2.45) is 0 Å². The van der Waals surface area contributed by atoms with Crippen LogP contribution in [0.1, 0.15) is 18.4 Å². The Kier molecular flexibility index (Phi) is 2.86. The molecular weight excluding hydrogens is 248 g/mol. The Balaban J connectivity index is 1.86. The third-order valence-electron chi connectivity index (χ3n) is 3.78. The number of ether oxygens (including phenoxy) is 3. The Labute approximate surface area is 111 Å². The number of benzene rings is 1. The number of carboxylic acids is 1. The van der Waals surface area contributed by atoms with Gasteiger partial charge in [-0.25, -0.2) is 0 Å². The molecule has 5 nitrogen and oxygen atoms in total. The Morgan fingerprint density at radius 2 is 2.11 bits per heavy atom. The van der Waals surface area contributed by atoms with E-state index >= 15 is 0 Å². The average Bonchev–Trinajstić information content (AvgIpc) is 3.15. The topological polar surface area (TPSA) is 65.0 Å². The predicted octanol–water partition coefficient (Wildman–Crippen LogP) is 1.59. The van der Waals surface area contributed by atoms with Crippen molar-refractivity contribution in [2.75, 3.05) is 20.3 Å². The Morgan fingerprint density at radius 3 is 2.58 bits per heavy atom. The molecule has 0 amide bonds. The highest BCUT2D eigenvalue weighted by Crippen LogP contribution is 2.50. The van der Waals surface area contributed by atoms with Crippen molar-refractivity contribution in [3.63, 3.8) is 0 Å². The number of methoxy groups -OCH3 is 1. The van der Waals surface area contributed by atoms with Crippen molar-refractivity contribution in [3.05, 3.63) is 23.8 Å². The van der Waals surface area contributed by atoms with Gasteiger partial charge in [0.15, 0.2) is 11.5 Å². The van der Waals surface area contributed by atoms with Crippen molar-refractivity contribution in [1.29, 1.82) is 0 Å². The normalized spacial score (nSPS) is 20.5. The molecular formula is C14H16O5. The van der Waals surface area contributed by atoms with Gasteiger partial charge in [0.05, 0.1) is 25.7 Å². The minimum Gasteiger partial charge on any atom is -0.493 e. The van der Waals surface area contributed by atoms with Crippen LogP contribution in [-0.2, 0) is 14.9 Å². The fourth-order valence-electron chi connectivity index (χ4n) is 2.28. The van der Waals surface area contributed by atoms with E-state index in [1.807, 2.05) is 6.07 Å². The lowest BCUT2D eigenvalue weighted by atomic mass is 9.96. The molecule has 1 aromatic rings. The van der Waals surface area contributed by atoms with Crippen LogP contribution in [0.15, 0.2) is 18.2 Å². The maximum atomic E-state index is 11.3. The van der Waals surface area contributed by atoms with Gasteiger partial charge in [-0.3, -0.25) is 4.79 Å². The Bertz CT molecular complexity index is 503. The maximum absolute atomic E-state index is 11.3. The van der Waals surface area contributed by atoms with E-state index in [-0.39, 0.29) is 6.10 Å². The number of aliphatic carboxylic acids is 1. The van der Waals surface area contributed by atoms with Crippen LogP contribution in [0.2, 0.25) is 0 Å². The summed E-state index contributed by atoms with van der Waals surface area (Å²) in [6, 6.07) is 5.38. The van der Waals surface area contributed by atoms with Crippen LogP contribution >= 0.6 is 0 Å². The quantitative estimate of drug-likeness (QED) is 0.874. The summed E-state index contributed by atoms with van der Waals surface area (Å²) >= 11 is 0. The van der Waals surface area contributed by atoms with Crippen LogP contribution in [0, 0.1) is 0 Å². The van der Waals surface area contributed by atoms with E-state index in [0.717, 1.165) is 5.56 Å².